The van der Waals surface area contributed by atoms with Gasteiger partial charge in [-0.3, -0.25) is 9.59 Å². The highest BCUT2D eigenvalue weighted by Crippen LogP contribution is 2.19. The number of aromatic nitrogens is 4. The minimum atomic E-state index is -0.196. The van der Waals surface area contributed by atoms with Gasteiger partial charge >= 0.3 is 0 Å². The molecule has 1 aromatic carbocycles. The Kier molecular flexibility index (Phi) is 5.39. The van der Waals surface area contributed by atoms with E-state index in [1.165, 1.54) is 0 Å². The number of hydrogen-bond acceptors (Lipinski definition) is 6. The van der Waals surface area contributed by atoms with Crippen LogP contribution in [0, 0.1) is 0 Å². The topological polar surface area (TPSA) is 103 Å². The highest BCUT2D eigenvalue weighted by molar-refractivity contribution is 6.07. The smallest absolute Gasteiger partial charge is 0.228 e. The fourth-order valence-electron chi connectivity index (χ4n) is 2.52. The van der Waals surface area contributed by atoms with Crippen LogP contribution in [0.3, 0.4) is 0 Å². The molecule has 0 aliphatic rings. The van der Waals surface area contributed by atoms with Crippen LogP contribution in [0.25, 0.3) is 0 Å². The molecule has 0 saturated carbocycles. The number of carbonyl (C=O) groups excluding carboxylic acids is 2. The molecule has 28 heavy (non-hydrogen) atoms. The summed E-state index contributed by atoms with van der Waals surface area (Å²) in [7, 11) is 1.77. The lowest BCUT2D eigenvalue weighted by Crippen LogP contribution is -2.14. The van der Waals surface area contributed by atoms with Crippen molar-refractivity contribution in [1.82, 2.24) is 19.7 Å². The Balaban J connectivity index is 1.55. The zero-order valence-electron chi connectivity index (χ0n) is 16.4. The molecule has 0 saturated heterocycles. The standard InChI is InChI=1S/C20H23N5O3/c1-20(2,3)19-23-16(28-24-19)10-9-15(26)22-14-7-5-13(6-8-14)17(27)18-21-11-12-25(18)4/h5-8,11-12H,9-10H2,1-4H3,(H,22,26). The van der Waals surface area contributed by atoms with Crippen molar-refractivity contribution < 1.29 is 14.1 Å². The highest BCUT2D eigenvalue weighted by atomic mass is 16.5. The molecule has 3 rings (SSSR count). The lowest BCUT2D eigenvalue weighted by Gasteiger charge is -2.10. The van der Waals surface area contributed by atoms with Gasteiger partial charge in [0.2, 0.25) is 17.6 Å². The van der Waals surface area contributed by atoms with Crippen LogP contribution in [-0.2, 0) is 23.7 Å². The number of aryl methyl sites for hydroxylation is 2. The fourth-order valence-corrected chi connectivity index (χ4v) is 2.52. The molecule has 1 amide bonds. The van der Waals surface area contributed by atoms with E-state index in [1.54, 1.807) is 48.3 Å². The fraction of sp³-hybridized carbons (Fsp3) is 0.350. The van der Waals surface area contributed by atoms with E-state index in [1.807, 2.05) is 20.8 Å². The second kappa shape index (κ2) is 7.75. The lowest BCUT2D eigenvalue weighted by molar-refractivity contribution is -0.116. The van der Waals surface area contributed by atoms with E-state index in [-0.39, 0.29) is 23.5 Å². The minimum Gasteiger partial charge on any atom is -0.339 e. The van der Waals surface area contributed by atoms with Gasteiger partial charge in [0.25, 0.3) is 0 Å². The zero-order valence-corrected chi connectivity index (χ0v) is 16.4. The molecular weight excluding hydrogens is 358 g/mol. The molecule has 0 spiro atoms. The molecule has 0 unspecified atom stereocenters. The Labute approximate surface area is 163 Å². The normalized spacial score (nSPS) is 11.4. The highest BCUT2D eigenvalue weighted by Gasteiger charge is 2.21. The number of benzene rings is 1. The molecule has 146 valence electrons. The quantitative estimate of drug-likeness (QED) is 0.659. The van der Waals surface area contributed by atoms with E-state index in [4.69, 9.17) is 4.52 Å². The van der Waals surface area contributed by atoms with Crippen molar-refractivity contribution in [2.24, 2.45) is 7.05 Å². The number of rotatable bonds is 6. The van der Waals surface area contributed by atoms with Crippen LogP contribution in [-0.4, -0.2) is 31.4 Å². The molecular formula is C20H23N5O3. The third-order valence-corrected chi connectivity index (χ3v) is 4.16. The van der Waals surface area contributed by atoms with Crippen molar-refractivity contribution in [2.45, 2.75) is 39.0 Å². The maximum atomic E-state index is 12.4. The van der Waals surface area contributed by atoms with E-state index >= 15 is 0 Å². The number of carbonyl (C=O) groups is 2. The molecule has 2 aromatic heterocycles. The van der Waals surface area contributed by atoms with Crippen molar-refractivity contribution in [3.63, 3.8) is 0 Å². The van der Waals surface area contributed by atoms with Crippen molar-refractivity contribution in [1.29, 1.82) is 0 Å². The summed E-state index contributed by atoms with van der Waals surface area (Å²) >= 11 is 0. The van der Waals surface area contributed by atoms with Gasteiger partial charge in [-0.15, -0.1) is 0 Å². The summed E-state index contributed by atoms with van der Waals surface area (Å²) < 4.78 is 6.86. The van der Waals surface area contributed by atoms with Gasteiger partial charge in [-0.25, -0.2) is 4.98 Å². The molecule has 3 aromatic rings. The summed E-state index contributed by atoms with van der Waals surface area (Å²) in [6.45, 7) is 5.99. The Morgan fingerprint density at radius 2 is 1.89 bits per heavy atom. The van der Waals surface area contributed by atoms with E-state index in [0.717, 1.165) is 0 Å². The molecule has 0 aliphatic carbocycles. The molecule has 0 fully saturated rings. The first-order valence-electron chi connectivity index (χ1n) is 8.99. The van der Waals surface area contributed by atoms with E-state index in [2.05, 4.69) is 20.4 Å². The summed E-state index contributed by atoms with van der Waals surface area (Å²) in [4.78, 5) is 32.9. The van der Waals surface area contributed by atoms with Crippen LogP contribution in [0.5, 0.6) is 0 Å². The van der Waals surface area contributed by atoms with Crippen LogP contribution in [0.15, 0.2) is 41.2 Å². The lowest BCUT2D eigenvalue weighted by atomic mass is 9.96. The first-order chi connectivity index (χ1) is 13.2. The number of anilines is 1. The van der Waals surface area contributed by atoms with Gasteiger partial charge < -0.3 is 14.4 Å². The van der Waals surface area contributed by atoms with Crippen LogP contribution in [0.1, 0.15) is 55.1 Å². The second-order valence-electron chi connectivity index (χ2n) is 7.58. The number of hydrogen-bond donors (Lipinski definition) is 1. The Morgan fingerprint density at radius 3 is 2.46 bits per heavy atom. The number of nitrogens with one attached hydrogen (secondary N) is 1. The van der Waals surface area contributed by atoms with Gasteiger partial charge in [0.1, 0.15) is 0 Å². The van der Waals surface area contributed by atoms with Gasteiger partial charge in [0.15, 0.2) is 11.6 Å². The summed E-state index contributed by atoms with van der Waals surface area (Å²) in [5.41, 5.74) is 0.924. The molecule has 0 radical (unpaired) electrons. The molecule has 0 atom stereocenters. The zero-order chi connectivity index (χ0) is 20.3. The minimum absolute atomic E-state index is 0.168. The number of nitrogens with zero attached hydrogens (tertiary/aromatic N) is 4. The largest absolute Gasteiger partial charge is 0.339 e. The first-order valence-corrected chi connectivity index (χ1v) is 8.99. The van der Waals surface area contributed by atoms with E-state index in [9.17, 15) is 9.59 Å². The molecule has 0 aliphatic heterocycles. The van der Waals surface area contributed by atoms with Gasteiger partial charge in [0, 0.05) is 48.9 Å². The maximum absolute atomic E-state index is 12.4. The third kappa shape index (κ3) is 4.51. The summed E-state index contributed by atoms with van der Waals surface area (Å²) in [6, 6.07) is 6.72. The number of ketones is 1. The van der Waals surface area contributed by atoms with Gasteiger partial charge in [-0.2, -0.15) is 4.98 Å². The molecule has 2 heterocycles. The Hall–Kier alpha value is -3.29. The SMILES string of the molecule is Cn1ccnc1C(=O)c1ccc(NC(=O)CCc2nc(C(C)(C)C)no2)cc1. The molecule has 1 N–H and O–H groups in total. The molecule has 8 nitrogen and oxygen atoms in total. The second-order valence-corrected chi connectivity index (χ2v) is 7.58. The predicted molar refractivity (Wildman–Crippen MR) is 103 cm³/mol. The predicted octanol–water partition coefficient (Wildman–Crippen LogP) is 2.90. The van der Waals surface area contributed by atoms with Crippen LogP contribution >= 0.6 is 0 Å². The first kappa shape index (κ1) is 19.5. The third-order valence-electron chi connectivity index (χ3n) is 4.16. The summed E-state index contributed by atoms with van der Waals surface area (Å²) in [5, 5.41) is 6.75. The molecule has 8 heteroatoms. The summed E-state index contributed by atoms with van der Waals surface area (Å²) in [6.07, 6.45) is 3.88. The monoisotopic (exact) mass is 381 g/mol. The van der Waals surface area contributed by atoms with E-state index < -0.39 is 0 Å². The number of imidazole rings is 1. The van der Waals surface area contributed by atoms with Crippen molar-refractivity contribution in [2.75, 3.05) is 5.32 Å². The van der Waals surface area contributed by atoms with Crippen molar-refractivity contribution in [3.05, 3.63) is 59.8 Å². The van der Waals surface area contributed by atoms with Gasteiger partial charge in [-0.05, 0) is 24.3 Å². The number of amides is 1. The molecule has 0 bridgehead atoms. The Morgan fingerprint density at radius 1 is 1.18 bits per heavy atom. The Bertz CT molecular complexity index is 980. The van der Waals surface area contributed by atoms with Crippen LogP contribution < -0.4 is 5.32 Å². The van der Waals surface area contributed by atoms with Crippen LogP contribution in [0.2, 0.25) is 0 Å². The van der Waals surface area contributed by atoms with Crippen LogP contribution in [0.4, 0.5) is 5.69 Å². The van der Waals surface area contributed by atoms with Gasteiger partial charge in [0.05, 0.1) is 0 Å². The average Bonchev–Trinajstić information content (AvgIpc) is 3.29. The van der Waals surface area contributed by atoms with Crippen molar-refractivity contribution >= 4 is 17.4 Å². The maximum Gasteiger partial charge on any atom is 0.228 e. The summed E-state index contributed by atoms with van der Waals surface area (Å²) in [5.74, 6) is 1.09. The van der Waals surface area contributed by atoms with Gasteiger partial charge in [-0.1, -0.05) is 25.9 Å². The average molecular weight is 381 g/mol. The van der Waals surface area contributed by atoms with Crippen molar-refractivity contribution in [3.8, 4) is 0 Å². The van der Waals surface area contributed by atoms with E-state index in [0.29, 0.717) is 35.2 Å².